The largest absolute Gasteiger partial charge is 0.378 e. The van der Waals surface area contributed by atoms with Crippen molar-refractivity contribution < 1.29 is 4.74 Å². The molecule has 0 atom stereocenters. The summed E-state index contributed by atoms with van der Waals surface area (Å²) in [5, 5.41) is 3.43. The Hall–Kier alpha value is -2.79. The third kappa shape index (κ3) is 5.71. The topological polar surface area (TPSA) is 120 Å². The molecule has 3 N–H and O–H groups in total. The summed E-state index contributed by atoms with van der Waals surface area (Å²) in [7, 11) is 0. The third-order valence-corrected chi connectivity index (χ3v) is 5.56. The minimum absolute atomic E-state index is 0.237. The van der Waals surface area contributed by atoms with E-state index >= 15 is 0 Å². The summed E-state index contributed by atoms with van der Waals surface area (Å²) in [6.45, 7) is 13.0. The van der Waals surface area contributed by atoms with Gasteiger partial charge in [0.2, 0.25) is 5.95 Å². The number of aromatic nitrogens is 2. The molecule has 174 valence electrons. The Balaban J connectivity index is 1.71. The van der Waals surface area contributed by atoms with Crippen molar-refractivity contribution in [3.8, 4) is 0 Å². The average Bonchev–Trinajstić information content (AvgIpc) is 2.90. The number of nitrogens with one attached hydrogen (secondary N) is 1. The van der Waals surface area contributed by atoms with Gasteiger partial charge in [0.25, 0.3) is 0 Å². The van der Waals surface area contributed by atoms with Crippen LogP contribution in [0.2, 0.25) is 0 Å². The fraction of sp³-hybridized carbons (Fsp3) is 0.667. The summed E-state index contributed by atoms with van der Waals surface area (Å²) < 4.78 is 5.55. The number of hydrogen-bond donors (Lipinski definition) is 2. The molecule has 0 unspecified atom stereocenters. The number of anilines is 1. The van der Waals surface area contributed by atoms with E-state index in [4.69, 9.17) is 25.4 Å². The normalized spacial score (nSPS) is 20.8. The number of nitrogens with zero attached hydrogens (tertiary/aromatic N) is 8. The number of guanidine groups is 1. The zero-order chi connectivity index (χ0) is 22.3. The van der Waals surface area contributed by atoms with Gasteiger partial charge in [0.15, 0.2) is 11.8 Å². The van der Waals surface area contributed by atoms with Gasteiger partial charge >= 0.3 is 0 Å². The number of aliphatic imine (C=N–C) groups is 3. The van der Waals surface area contributed by atoms with E-state index in [1.807, 2.05) is 0 Å². The zero-order valence-corrected chi connectivity index (χ0v) is 19.1. The van der Waals surface area contributed by atoms with E-state index in [9.17, 15) is 0 Å². The minimum Gasteiger partial charge on any atom is -0.378 e. The van der Waals surface area contributed by atoms with Gasteiger partial charge < -0.3 is 30.5 Å². The number of morpholine rings is 1. The smallest absolute Gasteiger partial charge is 0.219 e. The molecule has 32 heavy (non-hydrogen) atoms. The number of piperazine rings is 1. The average molecular weight is 443 g/mol. The second-order valence-corrected chi connectivity index (χ2v) is 8.55. The Morgan fingerprint density at radius 2 is 1.75 bits per heavy atom. The van der Waals surface area contributed by atoms with Gasteiger partial charge in [-0.15, -0.1) is 0 Å². The first-order valence-corrected chi connectivity index (χ1v) is 11.4. The fourth-order valence-electron chi connectivity index (χ4n) is 4.00. The van der Waals surface area contributed by atoms with Crippen LogP contribution in [0.3, 0.4) is 0 Å². The number of ether oxygens (including phenoxy) is 1. The Bertz CT molecular complexity index is 839. The van der Waals surface area contributed by atoms with Crippen LogP contribution in [0.25, 0.3) is 0 Å². The number of rotatable bonds is 3. The van der Waals surface area contributed by atoms with Crippen LogP contribution >= 0.6 is 0 Å². The first-order valence-electron chi connectivity index (χ1n) is 11.4. The highest BCUT2D eigenvalue weighted by Crippen LogP contribution is 2.12. The van der Waals surface area contributed by atoms with Crippen LogP contribution in [0.5, 0.6) is 0 Å². The lowest BCUT2D eigenvalue weighted by Crippen LogP contribution is -2.53. The van der Waals surface area contributed by atoms with Crippen molar-refractivity contribution in [3.63, 3.8) is 0 Å². The lowest BCUT2D eigenvalue weighted by atomic mass is 10.2. The molecule has 11 nitrogen and oxygen atoms in total. The molecule has 0 saturated carbocycles. The lowest BCUT2D eigenvalue weighted by molar-refractivity contribution is 0.0676. The first-order chi connectivity index (χ1) is 15.6. The lowest BCUT2D eigenvalue weighted by Gasteiger charge is -2.37. The van der Waals surface area contributed by atoms with Crippen LogP contribution in [0.15, 0.2) is 27.4 Å². The zero-order valence-electron chi connectivity index (χ0n) is 19.1. The molecule has 0 aromatic carbocycles. The molecule has 4 rings (SSSR count). The van der Waals surface area contributed by atoms with Gasteiger partial charge in [-0.05, 0) is 5.92 Å². The Kier molecular flexibility index (Phi) is 7.48. The standard InChI is InChI=1S/C21H34N10O/c1-16(2)14-31-15-27-19(17-11-24-20(22)25-12-17)28-18(29-7-9-32-10-8-29)13-26-21(31)30-5-3-23-4-6-30/h11-12,16,23H,3-10,13-15H2,1-2H3,(H2,22,24,25). The summed E-state index contributed by atoms with van der Waals surface area (Å²) in [6.07, 6.45) is 3.37. The molecule has 1 aromatic rings. The van der Waals surface area contributed by atoms with Crippen molar-refractivity contribution in [2.75, 3.05) is 78.0 Å². The van der Waals surface area contributed by atoms with E-state index < -0.39 is 0 Å². The first kappa shape index (κ1) is 22.4. The molecule has 2 saturated heterocycles. The van der Waals surface area contributed by atoms with Crippen molar-refractivity contribution in [1.82, 2.24) is 30.0 Å². The number of nitrogen functional groups attached to an aromatic ring is 1. The molecule has 0 radical (unpaired) electrons. The molecule has 0 amide bonds. The highest BCUT2D eigenvalue weighted by atomic mass is 16.5. The second kappa shape index (κ2) is 10.7. The summed E-state index contributed by atoms with van der Waals surface area (Å²) in [5.41, 5.74) is 6.45. The van der Waals surface area contributed by atoms with E-state index in [1.54, 1.807) is 12.4 Å². The van der Waals surface area contributed by atoms with Crippen LogP contribution in [0, 0.1) is 5.92 Å². The van der Waals surface area contributed by atoms with Gasteiger partial charge in [-0.3, -0.25) is 0 Å². The molecule has 2 fully saturated rings. The molecule has 0 bridgehead atoms. The molecule has 4 heterocycles. The monoisotopic (exact) mass is 442 g/mol. The van der Waals surface area contributed by atoms with Gasteiger partial charge in [-0.2, -0.15) is 0 Å². The molecule has 0 spiro atoms. The molecule has 0 aliphatic carbocycles. The molecule has 3 aliphatic rings. The minimum atomic E-state index is 0.237. The molecule has 1 aromatic heterocycles. The predicted octanol–water partition coefficient (Wildman–Crippen LogP) is -0.274. The predicted molar refractivity (Wildman–Crippen MR) is 126 cm³/mol. The highest BCUT2D eigenvalue weighted by molar-refractivity contribution is 6.07. The number of nitrogens with two attached hydrogens (primary N) is 1. The highest BCUT2D eigenvalue weighted by Gasteiger charge is 2.24. The van der Waals surface area contributed by atoms with Gasteiger partial charge in [0.1, 0.15) is 19.0 Å². The van der Waals surface area contributed by atoms with Gasteiger partial charge in [0.05, 0.1) is 18.8 Å². The quantitative estimate of drug-likeness (QED) is 0.656. The van der Waals surface area contributed by atoms with Crippen molar-refractivity contribution in [2.45, 2.75) is 13.8 Å². The summed E-state index contributed by atoms with van der Waals surface area (Å²) in [5.74, 6) is 3.21. The van der Waals surface area contributed by atoms with E-state index in [2.05, 4.69) is 43.8 Å². The summed E-state index contributed by atoms with van der Waals surface area (Å²) in [4.78, 5) is 30.2. The van der Waals surface area contributed by atoms with Crippen molar-refractivity contribution in [1.29, 1.82) is 0 Å². The van der Waals surface area contributed by atoms with Gasteiger partial charge in [-0.1, -0.05) is 13.8 Å². The van der Waals surface area contributed by atoms with Crippen LogP contribution in [0.4, 0.5) is 5.95 Å². The second-order valence-electron chi connectivity index (χ2n) is 8.55. The van der Waals surface area contributed by atoms with E-state index in [1.165, 1.54) is 0 Å². The van der Waals surface area contributed by atoms with E-state index in [-0.39, 0.29) is 5.95 Å². The van der Waals surface area contributed by atoms with E-state index in [0.717, 1.165) is 63.2 Å². The summed E-state index contributed by atoms with van der Waals surface area (Å²) in [6, 6.07) is 0. The van der Waals surface area contributed by atoms with Gasteiger partial charge in [-0.25, -0.2) is 24.9 Å². The maximum absolute atomic E-state index is 5.70. The molecule has 3 aliphatic heterocycles. The van der Waals surface area contributed by atoms with Crippen molar-refractivity contribution in [3.05, 3.63) is 18.0 Å². The maximum atomic E-state index is 5.70. The SMILES string of the molecule is CC(C)CN1CN=C(c2cnc(N)nc2)N=C(N2CCOCC2)CN=C1N1CCNCC1. The summed E-state index contributed by atoms with van der Waals surface area (Å²) >= 11 is 0. The maximum Gasteiger partial charge on any atom is 0.219 e. The van der Waals surface area contributed by atoms with Crippen LogP contribution in [-0.4, -0.2) is 115 Å². The number of hydrogen-bond acceptors (Lipinski definition) is 11. The Labute approximate surface area is 189 Å². The molecular formula is C21H34N10O. The molecule has 11 heteroatoms. The van der Waals surface area contributed by atoms with Crippen LogP contribution < -0.4 is 11.1 Å². The van der Waals surface area contributed by atoms with Crippen LogP contribution in [-0.2, 0) is 4.74 Å². The fourth-order valence-corrected chi connectivity index (χ4v) is 4.00. The number of amidine groups is 2. The molecular weight excluding hydrogens is 408 g/mol. The van der Waals surface area contributed by atoms with Crippen molar-refractivity contribution in [2.24, 2.45) is 20.9 Å². The van der Waals surface area contributed by atoms with Gasteiger partial charge in [0, 0.05) is 58.2 Å². The Morgan fingerprint density at radius 3 is 2.44 bits per heavy atom. The van der Waals surface area contributed by atoms with Crippen molar-refractivity contribution >= 4 is 23.6 Å². The van der Waals surface area contributed by atoms with E-state index in [0.29, 0.717) is 38.2 Å². The Morgan fingerprint density at radius 1 is 1.03 bits per heavy atom. The van der Waals surface area contributed by atoms with Crippen LogP contribution in [0.1, 0.15) is 19.4 Å². The third-order valence-electron chi connectivity index (χ3n) is 5.56.